The van der Waals surface area contributed by atoms with Crippen LogP contribution in [0.15, 0.2) is 53.0 Å². The minimum Gasteiger partial charge on any atom is -0.367 e. The molecule has 2 unspecified atom stereocenters. The molecule has 0 heterocycles. The predicted molar refractivity (Wildman–Crippen MR) is 86.5 cm³/mol. The van der Waals surface area contributed by atoms with Crippen molar-refractivity contribution < 1.29 is 4.74 Å². The van der Waals surface area contributed by atoms with Crippen molar-refractivity contribution >= 4 is 15.9 Å². The summed E-state index contributed by atoms with van der Waals surface area (Å²) in [5, 5.41) is 0. The largest absolute Gasteiger partial charge is 0.367 e. The molecule has 0 radical (unpaired) electrons. The maximum Gasteiger partial charge on any atom is 0.0977 e. The highest BCUT2D eigenvalue weighted by Crippen LogP contribution is 2.24. The van der Waals surface area contributed by atoms with E-state index in [4.69, 9.17) is 10.5 Å². The van der Waals surface area contributed by atoms with Crippen molar-refractivity contribution in [1.29, 1.82) is 0 Å². The van der Waals surface area contributed by atoms with Crippen LogP contribution in [0.3, 0.4) is 0 Å². The summed E-state index contributed by atoms with van der Waals surface area (Å²) in [5.41, 5.74) is 9.56. The van der Waals surface area contributed by atoms with Crippen LogP contribution in [-0.4, -0.2) is 6.04 Å². The van der Waals surface area contributed by atoms with Gasteiger partial charge in [-0.2, -0.15) is 0 Å². The van der Waals surface area contributed by atoms with E-state index >= 15 is 0 Å². The first-order valence-corrected chi connectivity index (χ1v) is 7.54. The average molecular weight is 334 g/mol. The standard InChI is InChI=1S/C17H20BrNO/c1-12-7-9-14(10-8-12)17(13(2)19)20-11-15-5-3-4-6-16(15)18/h3-10,13,17H,11,19H2,1-2H3. The molecule has 20 heavy (non-hydrogen) atoms. The summed E-state index contributed by atoms with van der Waals surface area (Å²) in [6, 6.07) is 16.4. The number of benzene rings is 2. The number of hydrogen-bond acceptors (Lipinski definition) is 2. The molecule has 0 bridgehead atoms. The molecule has 0 spiro atoms. The van der Waals surface area contributed by atoms with Gasteiger partial charge in [0.1, 0.15) is 0 Å². The van der Waals surface area contributed by atoms with Crippen LogP contribution in [0.4, 0.5) is 0 Å². The zero-order valence-corrected chi connectivity index (χ0v) is 13.4. The molecule has 2 nitrogen and oxygen atoms in total. The van der Waals surface area contributed by atoms with Crippen LogP contribution >= 0.6 is 15.9 Å². The van der Waals surface area contributed by atoms with Crippen molar-refractivity contribution in [3.8, 4) is 0 Å². The number of halogens is 1. The number of aryl methyl sites for hydroxylation is 1. The fraction of sp³-hybridized carbons (Fsp3) is 0.294. The van der Waals surface area contributed by atoms with E-state index in [1.54, 1.807) is 0 Å². The highest BCUT2D eigenvalue weighted by molar-refractivity contribution is 9.10. The second-order valence-corrected chi connectivity index (χ2v) is 5.95. The Bertz CT molecular complexity index is 551. The maximum absolute atomic E-state index is 6.07. The van der Waals surface area contributed by atoms with Gasteiger partial charge in [-0.25, -0.2) is 0 Å². The molecule has 0 amide bonds. The van der Waals surface area contributed by atoms with Gasteiger partial charge in [-0.15, -0.1) is 0 Å². The first kappa shape index (κ1) is 15.2. The molecule has 0 aliphatic heterocycles. The quantitative estimate of drug-likeness (QED) is 0.882. The zero-order chi connectivity index (χ0) is 14.5. The lowest BCUT2D eigenvalue weighted by atomic mass is 10.0. The van der Waals surface area contributed by atoms with Crippen LogP contribution < -0.4 is 5.73 Å². The summed E-state index contributed by atoms with van der Waals surface area (Å²) in [4.78, 5) is 0. The fourth-order valence-electron chi connectivity index (χ4n) is 2.10. The van der Waals surface area contributed by atoms with Gasteiger partial charge < -0.3 is 10.5 Å². The summed E-state index contributed by atoms with van der Waals surface area (Å²) >= 11 is 3.54. The molecule has 0 aromatic heterocycles. The van der Waals surface area contributed by atoms with Gasteiger partial charge in [0, 0.05) is 10.5 Å². The van der Waals surface area contributed by atoms with Crippen molar-refractivity contribution in [3.05, 3.63) is 69.7 Å². The summed E-state index contributed by atoms with van der Waals surface area (Å²) in [5.74, 6) is 0. The Hall–Kier alpha value is -1.16. The molecule has 0 saturated carbocycles. The van der Waals surface area contributed by atoms with Crippen LogP contribution in [0.5, 0.6) is 0 Å². The second-order valence-electron chi connectivity index (χ2n) is 5.09. The molecular formula is C17H20BrNO. The summed E-state index contributed by atoms with van der Waals surface area (Å²) in [6.45, 7) is 4.60. The fourth-order valence-corrected chi connectivity index (χ4v) is 2.50. The number of nitrogens with two attached hydrogens (primary N) is 1. The minimum absolute atomic E-state index is 0.0554. The molecule has 2 N–H and O–H groups in total. The Morgan fingerprint density at radius 2 is 1.75 bits per heavy atom. The van der Waals surface area contributed by atoms with Crippen molar-refractivity contribution in [2.45, 2.75) is 32.6 Å². The van der Waals surface area contributed by atoms with Gasteiger partial charge in [0.2, 0.25) is 0 Å². The lowest BCUT2D eigenvalue weighted by Gasteiger charge is -2.22. The maximum atomic E-state index is 6.07. The molecule has 0 aliphatic rings. The molecule has 0 aliphatic carbocycles. The molecule has 2 atom stereocenters. The third kappa shape index (κ3) is 3.92. The van der Waals surface area contributed by atoms with Crippen LogP contribution in [0.2, 0.25) is 0 Å². The predicted octanol–water partition coefficient (Wildman–Crippen LogP) is 4.36. The van der Waals surface area contributed by atoms with E-state index in [2.05, 4.69) is 53.2 Å². The average Bonchev–Trinajstić information content (AvgIpc) is 2.42. The first-order valence-electron chi connectivity index (χ1n) is 6.75. The van der Waals surface area contributed by atoms with Gasteiger partial charge in [-0.3, -0.25) is 0 Å². The van der Waals surface area contributed by atoms with E-state index in [0.717, 1.165) is 15.6 Å². The summed E-state index contributed by atoms with van der Waals surface area (Å²) in [6.07, 6.45) is -0.0947. The Balaban J connectivity index is 2.11. The number of ether oxygens (including phenoxy) is 1. The van der Waals surface area contributed by atoms with Crippen LogP contribution in [0, 0.1) is 6.92 Å². The Morgan fingerprint density at radius 3 is 2.35 bits per heavy atom. The topological polar surface area (TPSA) is 35.2 Å². The SMILES string of the molecule is Cc1ccc(C(OCc2ccccc2Br)C(C)N)cc1. The summed E-state index contributed by atoms with van der Waals surface area (Å²) in [7, 11) is 0. The van der Waals surface area contributed by atoms with Crippen molar-refractivity contribution in [1.82, 2.24) is 0 Å². The van der Waals surface area contributed by atoms with Gasteiger partial charge in [-0.1, -0.05) is 64.0 Å². The van der Waals surface area contributed by atoms with Gasteiger partial charge in [-0.05, 0) is 31.0 Å². The second kappa shape index (κ2) is 7.02. The Morgan fingerprint density at radius 1 is 1.10 bits per heavy atom. The Kier molecular flexibility index (Phi) is 5.35. The lowest BCUT2D eigenvalue weighted by molar-refractivity contribution is 0.0256. The highest BCUT2D eigenvalue weighted by Gasteiger charge is 2.17. The monoisotopic (exact) mass is 333 g/mol. The smallest absolute Gasteiger partial charge is 0.0977 e. The Labute approximate surface area is 129 Å². The summed E-state index contributed by atoms with van der Waals surface area (Å²) < 4.78 is 7.10. The van der Waals surface area contributed by atoms with Crippen LogP contribution in [-0.2, 0) is 11.3 Å². The van der Waals surface area contributed by atoms with E-state index in [9.17, 15) is 0 Å². The van der Waals surface area contributed by atoms with Crippen molar-refractivity contribution in [3.63, 3.8) is 0 Å². The minimum atomic E-state index is -0.0947. The third-order valence-corrected chi connectivity index (χ3v) is 4.03. The molecular weight excluding hydrogens is 314 g/mol. The highest BCUT2D eigenvalue weighted by atomic mass is 79.9. The van der Waals surface area contributed by atoms with Crippen LogP contribution in [0.25, 0.3) is 0 Å². The molecule has 0 fully saturated rings. The molecule has 2 aromatic rings. The first-order chi connectivity index (χ1) is 9.58. The molecule has 2 aromatic carbocycles. The lowest BCUT2D eigenvalue weighted by Crippen LogP contribution is -2.27. The molecule has 106 valence electrons. The number of rotatable bonds is 5. The molecule has 3 heteroatoms. The van der Waals surface area contributed by atoms with E-state index < -0.39 is 0 Å². The number of hydrogen-bond donors (Lipinski definition) is 1. The van der Waals surface area contributed by atoms with Gasteiger partial charge in [0.15, 0.2) is 0 Å². The molecule has 0 saturated heterocycles. The van der Waals surface area contributed by atoms with Crippen LogP contribution in [0.1, 0.15) is 29.7 Å². The van der Waals surface area contributed by atoms with Crippen molar-refractivity contribution in [2.75, 3.05) is 0 Å². The van der Waals surface area contributed by atoms with Gasteiger partial charge in [0.25, 0.3) is 0 Å². The van der Waals surface area contributed by atoms with E-state index in [1.165, 1.54) is 5.56 Å². The van der Waals surface area contributed by atoms with E-state index in [1.807, 2.05) is 25.1 Å². The molecule has 2 rings (SSSR count). The van der Waals surface area contributed by atoms with E-state index in [0.29, 0.717) is 6.61 Å². The third-order valence-electron chi connectivity index (χ3n) is 3.26. The van der Waals surface area contributed by atoms with Crippen molar-refractivity contribution in [2.24, 2.45) is 5.73 Å². The van der Waals surface area contributed by atoms with Gasteiger partial charge in [0.05, 0.1) is 12.7 Å². The normalized spacial score (nSPS) is 14.0. The van der Waals surface area contributed by atoms with E-state index in [-0.39, 0.29) is 12.1 Å². The zero-order valence-electron chi connectivity index (χ0n) is 11.8. The van der Waals surface area contributed by atoms with Gasteiger partial charge >= 0.3 is 0 Å².